The molecule has 0 spiro atoms. The smallest absolute Gasteiger partial charge is 0.0368 e. The van der Waals surface area contributed by atoms with Gasteiger partial charge in [0.1, 0.15) is 0 Å². The van der Waals surface area contributed by atoms with Crippen LogP contribution in [0.5, 0.6) is 0 Å². The van der Waals surface area contributed by atoms with E-state index in [9.17, 15) is 0 Å². The molecule has 2 nitrogen and oxygen atoms in total. The quantitative estimate of drug-likeness (QED) is 0.806. The van der Waals surface area contributed by atoms with Crippen molar-refractivity contribution in [2.24, 2.45) is 5.92 Å². The summed E-state index contributed by atoms with van der Waals surface area (Å²) >= 11 is 0. The summed E-state index contributed by atoms with van der Waals surface area (Å²) in [6.45, 7) is 9.28. The Balaban J connectivity index is 1.43. The van der Waals surface area contributed by atoms with E-state index in [4.69, 9.17) is 0 Å². The van der Waals surface area contributed by atoms with Crippen molar-refractivity contribution in [3.05, 3.63) is 71.0 Å². The van der Waals surface area contributed by atoms with Gasteiger partial charge in [-0.05, 0) is 36.5 Å². The van der Waals surface area contributed by atoms with Crippen molar-refractivity contribution in [2.75, 3.05) is 26.2 Å². The average molecular weight is 320 g/mol. The molecular formula is C22H28N2. The van der Waals surface area contributed by atoms with E-state index >= 15 is 0 Å². The summed E-state index contributed by atoms with van der Waals surface area (Å²) < 4.78 is 0. The minimum atomic E-state index is 0.511. The Kier molecular flexibility index (Phi) is 4.32. The van der Waals surface area contributed by atoms with Crippen LogP contribution in [0.25, 0.3) is 0 Å². The molecule has 2 aliphatic carbocycles. The maximum absolute atomic E-state index is 2.63. The molecule has 1 fully saturated rings. The number of benzene rings is 1. The molecule has 1 aromatic carbocycles. The second-order valence-electron chi connectivity index (χ2n) is 7.33. The number of piperazine rings is 1. The van der Waals surface area contributed by atoms with Crippen LogP contribution >= 0.6 is 0 Å². The van der Waals surface area contributed by atoms with Gasteiger partial charge in [-0.1, -0.05) is 55.5 Å². The summed E-state index contributed by atoms with van der Waals surface area (Å²) in [5.41, 5.74) is 6.15. The van der Waals surface area contributed by atoms with E-state index in [1.165, 1.54) is 24.1 Å². The van der Waals surface area contributed by atoms with Crippen molar-refractivity contribution in [1.82, 2.24) is 9.80 Å². The molecule has 0 aromatic heterocycles. The van der Waals surface area contributed by atoms with Crippen LogP contribution in [0, 0.1) is 5.92 Å². The van der Waals surface area contributed by atoms with Crippen LogP contribution < -0.4 is 0 Å². The topological polar surface area (TPSA) is 6.48 Å². The van der Waals surface area contributed by atoms with Gasteiger partial charge in [-0.15, -0.1) is 0 Å². The lowest BCUT2D eigenvalue weighted by Crippen LogP contribution is -2.46. The van der Waals surface area contributed by atoms with Crippen molar-refractivity contribution in [2.45, 2.75) is 32.7 Å². The first kappa shape index (κ1) is 15.7. The summed E-state index contributed by atoms with van der Waals surface area (Å²) in [6, 6.07) is 11.4. The summed E-state index contributed by atoms with van der Waals surface area (Å²) in [5.74, 6) is 0.591. The highest BCUT2D eigenvalue weighted by molar-refractivity contribution is 5.50. The highest BCUT2D eigenvalue weighted by Gasteiger charge is 2.29. The van der Waals surface area contributed by atoms with Crippen LogP contribution in [0.15, 0.2) is 65.4 Å². The van der Waals surface area contributed by atoms with Gasteiger partial charge in [0.05, 0.1) is 0 Å². The SMILES string of the molecule is CC1C=C(N2CCN(C(C)c3ccccc3)CC2)C2=C1C=CCC2. The van der Waals surface area contributed by atoms with E-state index in [0.717, 1.165) is 26.2 Å². The van der Waals surface area contributed by atoms with Crippen molar-refractivity contribution in [3.8, 4) is 0 Å². The van der Waals surface area contributed by atoms with E-state index in [-0.39, 0.29) is 0 Å². The maximum Gasteiger partial charge on any atom is 0.0368 e. The molecule has 24 heavy (non-hydrogen) atoms. The molecule has 1 aliphatic heterocycles. The molecule has 2 atom stereocenters. The highest BCUT2D eigenvalue weighted by Crippen LogP contribution is 2.39. The first-order valence-corrected chi connectivity index (χ1v) is 9.40. The Morgan fingerprint density at radius 3 is 2.54 bits per heavy atom. The molecule has 1 aromatic rings. The third-order valence-corrected chi connectivity index (χ3v) is 5.90. The van der Waals surface area contributed by atoms with E-state index < -0.39 is 0 Å². The number of rotatable bonds is 3. The van der Waals surface area contributed by atoms with Crippen LogP contribution in [0.1, 0.15) is 38.3 Å². The summed E-state index contributed by atoms with van der Waals surface area (Å²) in [5, 5.41) is 0. The molecule has 1 heterocycles. The highest BCUT2D eigenvalue weighted by atomic mass is 15.3. The molecule has 0 N–H and O–H groups in total. The largest absolute Gasteiger partial charge is 0.369 e. The molecule has 0 bridgehead atoms. The minimum Gasteiger partial charge on any atom is -0.369 e. The van der Waals surface area contributed by atoms with Crippen molar-refractivity contribution in [3.63, 3.8) is 0 Å². The molecule has 0 saturated carbocycles. The van der Waals surface area contributed by atoms with Crippen molar-refractivity contribution >= 4 is 0 Å². The molecule has 0 amide bonds. The third kappa shape index (κ3) is 2.84. The fourth-order valence-corrected chi connectivity index (χ4v) is 4.40. The monoisotopic (exact) mass is 320 g/mol. The van der Waals surface area contributed by atoms with E-state index in [0.29, 0.717) is 12.0 Å². The molecule has 0 radical (unpaired) electrons. The zero-order valence-corrected chi connectivity index (χ0v) is 14.9. The van der Waals surface area contributed by atoms with Gasteiger partial charge in [0.25, 0.3) is 0 Å². The Morgan fingerprint density at radius 2 is 1.79 bits per heavy atom. The Bertz CT molecular complexity index is 675. The van der Waals surface area contributed by atoms with Gasteiger partial charge in [0, 0.05) is 43.8 Å². The molecule has 2 unspecified atom stereocenters. The van der Waals surface area contributed by atoms with Crippen LogP contribution in [-0.4, -0.2) is 36.0 Å². The molecule has 3 aliphatic rings. The van der Waals surface area contributed by atoms with Crippen LogP contribution in [-0.2, 0) is 0 Å². The van der Waals surface area contributed by atoms with Gasteiger partial charge < -0.3 is 4.90 Å². The third-order valence-electron chi connectivity index (χ3n) is 5.90. The van der Waals surface area contributed by atoms with Gasteiger partial charge in [0.2, 0.25) is 0 Å². The number of hydrogen-bond donors (Lipinski definition) is 0. The van der Waals surface area contributed by atoms with Gasteiger partial charge in [-0.3, -0.25) is 4.90 Å². The van der Waals surface area contributed by atoms with Gasteiger partial charge in [-0.2, -0.15) is 0 Å². The van der Waals surface area contributed by atoms with Crippen molar-refractivity contribution in [1.29, 1.82) is 0 Å². The molecule has 1 saturated heterocycles. The van der Waals surface area contributed by atoms with Gasteiger partial charge in [-0.25, -0.2) is 0 Å². The summed E-state index contributed by atoms with van der Waals surface area (Å²) in [4.78, 5) is 5.26. The number of hydrogen-bond acceptors (Lipinski definition) is 2. The standard InChI is InChI=1S/C22H28N2/c1-17-16-22(21-11-7-6-10-20(17)21)24-14-12-23(13-15-24)18(2)19-8-4-3-5-9-19/h3-6,8-10,16-18H,7,11-15H2,1-2H3. The van der Waals surface area contributed by atoms with Crippen LogP contribution in [0.3, 0.4) is 0 Å². The maximum atomic E-state index is 2.63. The Labute approximate surface area is 146 Å². The van der Waals surface area contributed by atoms with E-state index in [2.05, 4.69) is 72.2 Å². The fourth-order valence-electron chi connectivity index (χ4n) is 4.40. The zero-order chi connectivity index (χ0) is 16.5. The zero-order valence-electron chi connectivity index (χ0n) is 14.9. The number of nitrogens with zero attached hydrogens (tertiary/aromatic N) is 2. The molecule has 2 heteroatoms. The summed E-state index contributed by atoms with van der Waals surface area (Å²) in [6.07, 6.45) is 9.62. The molecular weight excluding hydrogens is 292 g/mol. The van der Waals surface area contributed by atoms with Gasteiger partial charge >= 0.3 is 0 Å². The van der Waals surface area contributed by atoms with Crippen molar-refractivity contribution < 1.29 is 0 Å². The predicted molar refractivity (Wildman–Crippen MR) is 101 cm³/mol. The van der Waals surface area contributed by atoms with Gasteiger partial charge in [0.15, 0.2) is 0 Å². The normalized spacial score (nSPS) is 25.7. The lowest BCUT2D eigenvalue weighted by molar-refractivity contribution is 0.124. The number of allylic oxidation sites excluding steroid dienone is 5. The van der Waals surface area contributed by atoms with E-state index in [1.54, 1.807) is 11.1 Å². The fraction of sp³-hybridized carbons (Fsp3) is 0.455. The first-order valence-electron chi connectivity index (χ1n) is 9.40. The Morgan fingerprint density at radius 1 is 1.04 bits per heavy atom. The van der Waals surface area contributed by atoms with Crippen LogP contribution in [0.2, 0.25) is 0 Å². The Hall–Kier alpha value is -1.80. The average Bonchev–Trinajstić information content (AvgIpc) is 2.99. The lowest BCUT2D eigenvalue weighted by Gasteiger charge is -2.40. The lowest BCUT2D eigenvalue weighted by atomic mass is 9.94. The second-order valence-corrected chi connectivity index (χ2v) is 7.33. The molecule has 4 rings (SSSR count). The first-order chi connectivity index (χ1) is 11.7. The molecule has 126 valence electrons. The summed E-state index contributed by atoms with van der Waals surface area (Å²) in [7, 11) is 0. The minimum absolute atomic E-state index is 0.511. The predicted octanol–water partition coefficient (Wildman–Crippen LogP) is 4.55. The van der Waals surface area contributed by atoms with E-state index in [1.807, 2.05) is 0 Å². The van der Waals surface area contributed by atoms with Crippen LogP contribution in [0.4, 0.5) is 0 Å². The second kappa shape index (κ2) is 6.60.